The molecule has 5 aromatic rings. The standard InChI is InChI=1S/C47H49F2N7O5/c1-27-18-38-41(52(2)46(27)59)21-30(28-11-16-61-17-12-28)22-42(38)54-13-3-4-29-20-36(37(44(48)49)23-40(29)54)32-24-50-56(26-32)33-9-14-53(15-10-33)34-5-6-35-31(19-34)25-55(47(35)60)39-7-8-43(57)51-45(39)58/h5-6,18-24,26,28,33,39,44H,3-4,7-17,25H2,1-2H3,(H,51,57,58). The van der Waals surface area contributed by atoms with Crippen LogP contribution in [0.4, 0.5) is 25.8 Å². The molecule has 3 saturated heterocycles. The number of pyridine rings is 1. The molecular formula is C47H49F2N7O5. The molecule has 316 valence electrons. The Morgan fingerprint density at radius 2 is 1.66 bits per heavy atom. The molecule has 61 heavy (non-hydrogen) atoms. The maximum atomic E-state index is 15.2. The van der Waals surface area contributed by atoms with Crippen LogP contribution in [0.15, 0.2) is 65.7 Å². The van der Waals surface area contributed by atoms with E-state index in [1.165, 1.54) is 0 Å². The molecule has 5 aliphatic heterocycles. The van der Waals surface area contributed by atoms with Gasteiger partial charge < -0.3 is 24.0 Å². The van der Waals surface area contributed by atoms with Gasteiger partial charge in [-0.3, -0.25) is 29.2 Å². The van der Waals surface area contributed by atoms with E-state index in [4.69, 9.17) is 9.84 Å². The lowest BCUT2D eigenvalue weighted by Crippen LogP contribution is -2.52. The number of amides is 3. The molecule has 2 aromatic heterocycles. The molecule has 12 nitrogen and oxygen atoms in total. The maximum absolute atomic E-state index is 15.2. The van der Waals surface area contributed by atoms with Crippen molar-refractivity contribution in [3.63, 3.8) is 0 Å². The molecule has 0 radical (unpaired) electrons. The summed E-state index contributed by atoms with van der Waals surface area (Å²) in [6.07, 6.45) is 6.43. The van der Waals surface area contributed by atoms with Gasteiger partial charge in [-0.15, -0.1) is 0 Å². The van der Waals surface area contributed by atoms with E-state index in [9.17, 15) is 19.2 Å². The van der Waals surface area contributed by atoms with Gasteiger partial charge in [0.05, 0.1) is 23.4 Å². The number of aromatic nitrogens is 3. The molecule has 0 bridgehead atoms. The maximum Gasteiger partial charge on any atom is 0.264 e. The van der Waals surface area contributed by atoms with Crippen LogP contribution in [0.5, 0.6) is 0 Å². The van der Waals surface area contributed by atoms with Crippen LogP contribution in [0.25, 0.3) is 22.0 Å². The number of benzene rings is 3. The average molecular weight is 830 g/mol. The number of ether oxygens (including phenoxy) is 1. The number of rotatable bonds is 7. The van der Waals surface area contributed by atoms with E-state index in [0.717, 1.165) is 96.3 Å². The van der Waals surface area contributed by atoms with Crippen molar-refractivity contribution < 1.29 is 27.9 Å². The van der Waals surface area contributed by atoms with E-state index in [-0.39, 0.29) is 41.3 Å². The molecule has 0 saturated carbocycles. The van der Waals surface area contributed by atoms with Crippen LogP contribution in [0.2, 0.25) is 0 Å². The molecule has 3 amide bonds. The predicted octanol–water partition coefficient (Wildman–Crippen LogP) is 7.23. The van der Waals surface area contributed by atoms with Gasteiger partial charge in [-0.1, -0.05) is 0 Å². The summed E-state index contributed by atoms with van der Waals surface area (Å²) < 4.78 is 39.7. The topological polar surface area (TPSA) is 122 Å². The molecule has 0 aliphatic carbocycles. The van der Waals surface area contributed by atoms with E-state index in [1.54, 1.807) is 21.7 Å². The van der Waals surface area contributed by atoms with Gasteiger partial charge in [0.25, 0.3) is 17.9 Å². The largest absolute Gasteiger partial charge is 0.381 e. The van der Waals surface area contributed by atoms with Crippen molar-refractivity contribution in [1.82, 2.24) is 24.6 Å². The summed E-state index contributed by atoms with van der Waals surface area (Å²) in [6, 6.07) is 15.2. The zero-order valence-corrected chi connectivity index (χ0v) is 34.5. The second-order valence-corrected chi connectivity index (χ2v) is 17.3. The highest BCUT2D eigenvalue weighted by molar-refractivity contribution is 6.05. The summed E-state index contributed by atoms with van der Waals surface area (Å²) in [5, 5.41) is 8.02. The fraction of sp³-hybridized carbons (Fsp3) is 0.426. The Labute approximate surface area is 352 Å². The minimum Gasteiger partial charge on any atom is -0.381 e. The Morgan fingerprint density at radius 1 is 0.852 bits per heavy atom. The minimum atomic E-state index is -2.71. The van der Waals surface area contributed by atoms with Crippen molar-refractivity contribution >= 4 is 45.7 Å². The van der Waals surface area contributed by atoms with Crippen molar-refractivity contribution in [2.24, 2.45) is 7.05 Å². The third kappa shape index (κ3) is 6.98. The Hall–Kier alpha value is -5.89. The van der Waals surface area contributed by atoms with E-state index < -0.39 is 18.4 Å². The fourth-order valence-electron chi connectivity index (χ4n) is 10.4. The lowest BCUT2D eigenvalue weighted by Gasteiger charge is -2.34. The first-order valence-corrected chi connectivity index (χ1v) is 21.5. The number of piperidine rings is 2. The Balaban J connectivity index is 0.892. The summed E-state index contributed by atoms with van der Waals surface area (Å²) in [5.41, 5.74) is 8.89. The second kappa shape index (κ2) is 15.5. The van der Waals surface area contributed by atoms with Gasteiger partial charge in [0.1, 0.15) is 6.04 Å². The number of aryl methyl sites for hydroxylation is 3. The van der Waals surface area contributed by atoms with Gasteiger partial charge in [-0.05, 0) is 129 Å². The zero-order valence-electron chi connectivity index (χ0n) is 34.5. The number of fused-ring (bicyclic) bond motifs is 3. The molecule has 5 aliphatic rings. The van der Waals surface area contributed by atoms with E-state index in [1.807, 2.05) is 55.2 Å². The third-order valence-corrected chi connectivity index (χ3v) is 13.7. The van der Waals surface area contributed by atoms with Crippen LogP contribution in [0.1, 0.15) is 102 Å². The molecule has 14 heteroatoms. The first kappa shape index (κ1) is 39.3. The molecule has 3 aromatic carbocycles. The SMILES string of the molecule is Cc1cc2c(N3CCCc4cc(-c5cnn(C6CCN(c7ccc8c(c7)CN(C7CCC(=O)NC7=O)C8=O)CC6)c5)c(C(F)F)cc43)cc(C3CCOCC3)cc2n(C)c1=O. The number of hydrogen-bond donors (Lipinski definition) is 1. The number of nitrogens with zero attached hydrogens (tertiary/aromatic N) is 6. The average Bonchev–Trinajstić information content (AvgIpc) is 3.90. The van der Waals surface area contributed by atoms with Crippen LogP contribution in [0, 0.1) is 6.92 Å². The summed E-state index contributed by atoms with van der Waals surface area (Å²) >= 11 is 0. The highest BCUT2D eigenvalue weighted by Gasteiger charge is 2.39. The van der Waals surface area contributed by atoms with Crippen LogP contribution in [0.3, 0.4) is 0 Å². The summed E-state index contributed by atoms with van der Waals surface area (Å²) in [7, 11) is 1.81. The number of imide groups is 1. The summed E-state index contributed by atoms with van der Waals surface area (Å²) in [5.74, 6) is -0.640. The fourth-order valence-corrected chi connectivity index (χ4v) is 10.4. The molecule has 0 spiro atoms. The first-order chi connectivity index (χ1) is 29.5. The van der Waals surface area contributed by atoms with Crippen LogP contribution in [-0.4, -0.2) is 75.9 Å². The number of alkyl halides is 2. The van der Waals surface area contributed by atoms with Crippen molar-refractivity contribution in [1.29, 1.82) is 0 Å². The van der Waals surface area contributed by atoms with Gasteiger partial charge in [-0.25, -0.2) is 8.78 Å². The minimum absolute atomic E-state index is 0.0280. The van der Waals surface area contributed by atoms with Crippen molar-refractivity contribution in [3.8, 4) is 11.1 Å². The number of anilines is 3. The van der Waals surface area contributed by atoms with Crippen molar-refractivity contribution in [3.05, 3.63) is 105 Å². The van der Waals surface area contributed by atoms with E-state index in [0.29, 0.717) is 55.0 Å². The zero-order chi connectivity index (χ0) is 42.1. The van der Waals surface area contributed by atoms with Crippen LogP contribution in [-0.2, 0) is 34.3 Å². The number of hydrogen-bond acceptors (Lipinski definition) is 8. The van der Waals surface area contributed by atoms with Crippen molar-refractivity contribution in [2.45, 2.75) is 89.3 Å². The Kier molecular flexibility index (Phi) is 10.00. The highest BCUT2D eigenvalue weighted by Crippen LogP contribution is 2.45. The van der Waals surface area contributed by atoms with Gasteiger partial charge in [0.15, 0.2) is 0 Å². The highest BCUT2D eigenvalue weighted by atomic mass is 19.3. The van der Waals surface area contributed by atoms with Crippen LogP contribution < -0.4 is 20.7 Å². The molecular weight excluding hydrogens is 781 g/mol. The smallest absolute Gasteiger partial charge is 0.264 e. The normalized spacial score (nSPS) is 20.2. The quantitative estimate of drug-likeness (QED) is 0.171. The first-order valence-electron chi connectivity index (χ1n) is 21.5. The molecule has 1 atom stereocenters. The number of halogens is 2. The van der Waals surface area contributed by atoms with Gasteiger partial charge in [0, 0.05) is 98.1 Å². The number of carbonyl (C=O) groups is 3. The molecule has 3 fully saturated rings. The lowest BCUT2D eigenvalue weighted by atomic mass is 9.89. The lowest BCUT2D eigenvalue weighted by molar-refractivity contribution is -0.136. The summed E-state index contributed by atoms with van der Waals surface area (Å²) in [6.45, 7) is 5.68. The molecule has 1 unspecified atom stereocenters. The summed E-state index contributed by atoms with van der Waals surface area (Å²) in [4.78, 5) is 56.6. The van der Waals surface area contributed by atoms with Crippen molar-refractivity contribution in [2.75, 3.05) is 42.6 Å². The second-order valence-electron chi connectivity index (χ2n) is 17.3. The van der Waals surface area contributed by atoms with Gasteiger partial charge in [-0.2, -0.15) is 5.10 Å². The Bertz CT molecular complexity index is 2660. The number of carbonyl (C=O) groups excluding carboxylic acids is 3. The molecule has 7 heterocycles. The van der Waals surface area contributed by atoms with Gasteiger partial charge in [0.2, 0.25) is 11.8 Å². The monoisotopic (exact) mass is 829 g/mol. The molecule has 10 rings (SSSR count). The number of nitrogens with one attached hydrogen (secondary N) is 1. The van der Waals surface area contributed by atoms with Gasteiger partial charge >= 0.3 is 0 Å². The third-order valence-electron chi connectivity index (χ3n) is 13.7. The molecule has 1 N–H and O–H groups in total. The van der Waals surface area contributed by atoms with E-state index >= 15 is 8.78 Å². The predicted molar refractivity (Wildman–Crippen MR) is 228 cm³/mol. The van der Waals surface area contributed by atoms with E-state index in [2.05, 4.69) is 27.2 Å². The van der Waals surface area contributed by atoms with Crippen LogP contribution >= 0.6 is 0 Å². The Morgan fingerprint density at radius 3 is 2.43 bits per heavy atom.